The molecule has 0 aliphatic carbocycles. The van der Waals surface area contributed by atoms with E-state index in [0.29, 0.717) is 28.7 Å². The summed E-state index contributed by atoms with van der Waals surface area (Å²) >= 11 is 6.04. The van der Waals surface area contributed by atoms with Crippen molar-refractivity contribution in [3.05, 3.63) is 94.7 Å². The van der Waals surface area contributed by atoms with Crippen molar-refractivity contribution in [2.24, 2.45) is 0 Å². The maximum atomic E-state index is 13.6. The van der Waals surface area contributed by atoms with Crippen molar-refractivity contribution >= 4 is 28.3 Å². The number of methoxy groups -OCH3 is 1. The molecule has 3 aromatic heterocycles. The van der Waals surface area contributed by atoms with Gasteiger partial charge < -0.3 is 13.7 Å². The maximum absolute atomic E-state index is 13.6. The minimum atomic E-state index is -0.268. The van der Waals surface area contributed by atoms with Gasteiger partial charge in [0.15, 0.2) is 5.76 Å². The molecule has 0 aliphatic rings. The van der Waals surface area contributed by atoms with E-state index in [9.17, 15) is 4.79 Å². The van der Waals surface area contributed by atoms with Crippen LogP contribution in [0.25, 0.3) is 22.6 Å². The molecule has 0 atom stereocenters. The van der Waals surface area contributed by atoms with Crippen molar-refractivity contribution in [2.45, 2.75) is 13.5 Å². The minimum Gasteiger partial charge on any atom is -0.497 e. The third-order valence-corrected chi connectivity index (χ3v) is 5.75. The first kappa shape index (κ1) is 20.9. The molecule has 0 fully saturated rings. The quantitative estimate of drug-likeness (QED) is 0.319. The molecule has 0 saturated heterocycles. The number of ether oxygens (including phenoxy) is 1. The number of benzene rings is 2. The van der Waals surface area contributed by atoms with E-state index in [0.717, 1.165) is 22.2 Å². The lowest BCUT2D eigenvalue weighted by atomic mass is 10.1. The van der Waals surface area contributed by atoms with E-state index >= 15 is 0 Å². The number of fused-ring (bicyclic) bond motifs is 1. The number of halogens is 1. The molecule has 2 aromatic carbocycles. The molecule has 0 bridgehead atoms. The summed E-state index contributed by atoms with van der Waals surface area (Å²) < 4.78 is 13.3. The Morgan fingerprint density at radius 2 is 1.85 bits per heavy atom. The van der Waals surface area contributed by atoms with Gasteiger partial charge in [0.2, 0.25) is 11.6 Å². The van der Waals surface area contributed by atoms with Crippen LogP contribution >= 0.6 is 11.6 Å². The smallest absolute Gasteiger partial charge is 0.265 e. The summed E-state index contributed by atoms with van der Waals surface area (Å²) in [6.45, 7) is 2.51. The second-order valence-corrected chi connectivity index (χ2v) is 7.92. The molecule has 7 nitrogen and oxygen atoms in total. The van der Waals surface area contributed by atoms with Gasteiger partial charge in [-0.05, 0) is 48.9 Å². The van der Waals surface area contributed by atoms with Crippen LogP contribution in [0, 0.1) is 6.92 Å². The van der Waals surface area contributed by atoms with Gasteiger partial charge in [-0.3, -0.25) is 4.79 Å². The Kier molecular flexibility index (Phi) is 5.40. The lowest BCUT2D eigenvalue weighted by Gasteiger charge is -2.09. The number of aromatic nitrogens is 4. The molecule has 0 radical (unpaired) electrons. The summed E-state index contributed by atoms with van der Waals surface area (Å²) in [5, 5.41) is 1.46. The monoisotopic (exact) mass is 458 g/mol. The number of hydrogen-bond acceptors (Lipinski definition) is 6. The molecular formula is C25H19ClN4O3. The van der Waals surface area contributed by atoms with Gasteiger partial charge in [-0.25, -0.2) is 15.0 Å². The average Bonchev–Trinajstić information content (AvgIpc) is 3.44. The first-order valence-corrected chi connectivity index (χ1v) is 10.6. The fraction of sp³-hybridized carbons (Fsp3) is 0.120. The molecule has 0 spiro atoms. The molecule has 0 aliphatic heterocycles. The van der Waals surface area contributed by atoms with E-state index in [1.165, 1.54) is 6.20 Å². The second kappa shape index (κ2) is 8.52. The van der Waals surface area contributed by atoms with E-state index in [1.807, 2.05) is 49.4 Å². The molecule has 0 unspecified atom stereocenters. The lowest BCUT2D eigenvalue weighted by molar-refractivity contribution is 0.101. The van der Waals surface area contributed by atoms with Crippen LogP contribution in [0.5, 0.6) is 5.75 Å². The third-order valence-electron chi connectivity index (χ3n) is 5.50. The van der Waals surface area contributed by atoms with Crippen LogP contribution in [0.3, 0.4) is 0 Å². The highest BCUT2D eigenvalue weighted by Gasteiger charge is 2.25. The van der Waals surface area contributed by atoms with Crippen molar-refractivity contribution in [1.29, 1.82) is 0 Å². The zero-order valence-electron chi connectivity index (χ0n) is 17.9. The molecule has 0 N–H and O–H groups in total. The normalized spacial score (nSPS) is 11.1. The van der Waals surface area contributed by atoms with Gasteiger partial charge in [0, 0.05) is 40.6 Å². The highest BCUT2D eigenvalue weighted by Crippen LogP contribution is 2.32. The van der Waals surface area contributed by atoms with Crippen LogP contribution in [0.2, 0.25) is 5.02 Å². The summed E-state index contributed by atoms with van der Waals surface area (Å²) in [6, 6.07) is 15.1. The Labute approximate surface area is 194 Å². The third kappa shape index (κ3) is 3.87. The Morgan fingerprint density at radius 1 is 1.09 bits per heavy atom. The number of rotatable bonds is 6. The fourth-order valence-electron chi connectivity index (χ4n) is 3.87. The number of oxazole rings is 1. The van der Waals surface area contributed by atoms with Crippen LogP contribution in [0.15, 0.2) is 71.5 Å². The second-order valence-electron chi connectivity index (χ2n) is 7.49. The van der Waals surface area contributed by atoms with Gasteiger partial charge in [0.25, 0.3) is 5.89 Å². The fourth-order valence-corrected chi connectivity index (χ4v) is 3.99. The summed E-state index contributed by atoms with van der Waals surface area (Å²) in [6.07, 6.45) is 4.60. The maximum Gasteiger partial charge on any atom is 0.265 e. The highest BCUT2D eigenvalue weighted by atomic mass is 35.5. The van der Waals surface area contributed by atoms with E-state index in [2.05, 4.69) is 19.5 Å². The van der Waals surface area contributed by atoms with Gasteiger partial charge in [-0.2, -0.15) is 0 Å². The van der Waals surface area contributed by atoms with E-state index < -0.39 is 0 Å². The molecule has 5 rings (SSSR count). The molecular weight excluding hydrogens is 440 g/mol. The van der Waals surface area contributed by atoms with Crippen LogP contribution in [-0.2, 0) is 6.54 Å². The van der Waals surface area contributed by atoms with Gasteiger partial charge >= 0.3 is 0 Å². The molecule has 164 valence electrons. The number of nitrogens with zero attached hydrogens (tertiary/aromatic N) is 4. The average molecular weight is 459 g/mol. The van der Waals surface area contributed by atoms with E-state index in [4.69, 9.17) is 20.8 Å². The van der Waals surface area contributed by atoms with E-state index in [1.54, 1.807) is 25.6 Å². The number of hydrogen-bond donors (Lipinski definition) is 0. The van der Waals surface area contributed by atoms with E-state index in [-0.39, 0.29) is 17.4 Å². The van der Waals surface area contributed by atoms with Crippen molar-refractivity contribution in [3.8, 4) is 17.5 Å². The zero-order chi connectivity index (χ0) is 22.9. The van der Waals surface area contributed by atoms with Gasteiger partial charge in [0.1, 0.15) is 5.75 Å². The van der Waals surface area contributed by atoms with Crippen molar-refractivity contribution < 1.29 is 13.9 Å². The Balaban J connectivity index is 1.61. The predicted molar refractivity (Wildman–Crippen MR) is 125 cm³/mol. The highest BCUT2D eigenvalue weighted by molar-refractivity contribution is 6.30. The van der Waals surface area contributed by atoms with Crippen LogP contribution in [0.4, 0.5) is 0 Å². The van der Waals surface area contributed by atoms with Gasteiger partial charge in [-0.15, -0.1) is 0 Å². The first-order valence-electron chi connectivity index (χ1n) is 10.2. The SMILES string of the molecule is COc1ccc2c(c1)c(C(=O)c1cnc(-c3ncccn3)o1)c(C)n2Cc1ccc(Cl)cc1. The van der Waals surface area contributed by atoms with Crippen molar-refractivity contribution in [2.75, 3.05) is 7.11 Å². The molecule has 8 heteroatoms. The molecule has 0 amide bonds. The first-order chi connectivity index (χ1) is 16.0. The number of carbonyl (C=O) groups is 1. The minimum absolute atomic E-state index is 0.119. The number of carbonyl (C=O) groups excluding carboxylic acids is 1. The summed E-state index contributed by atoms with van der Waals surface area (Å²) in [4.78, 5) is 26.1. The molecule has 3 heterocycles. The van der Waals surface area contributed by atoms with Crippen LogP contribution in [-0.4, -0.2) is 32.4 Å². The predicted octanol–water partition coefficient (Wildman–Crippen LogP) is 5.34. The zero-order valence-corrected chi connectivity index (χ0v) is 18.7. The van der Waals surface area contributed by atoms with Crippen LogP contribution in [0.1, 0.15) is 27.4 Å². The Hall–Kier alpha value is -3.97. The summed E-state index contributed by atoms with van der Waals surface area (Å²) in [5.74, 6) is 1.03. The lowest BCUT2D eigenvalue weighted by Crippen LogP contribution is -2.05. The van der Waals surface area contributed by atoms with Crippen LogP contribution < -0.4 is 4.74 Å². The Bertz CT molecular complexity index is 1460. The topological polar surface area (TPSA) is 83.0 Å². The molecule has 0 saturated carbocycles. The van der Waals surface area contributed by atoms with Crippen molar-refractivity contribution in [1.82, 2.24) is 19.5 Å². The molecule has 5 aromatic rings. The van der Waals surface area contributed by atoms with Gasteiger partial charge in [0.05, 0.1) is 18.9 Å². The number of ketones is 1. The largest absolute Gasteiger partial charge is 0.497 e. The summed E-state index contributed by atoms with van der Waals surface area (Å²) in [7, 11) is 1.60. The summed E-state index contributed by atoms with van der Waals surface area (Å²) in [5.41, 5.74) is 3.33. The van der Waals surface area contributed by atoms with Crippen molar-refractivity contribution in [3.63, 3.8) is 0 Å². The Morgan fingerprint density at radius 3 is 2.58 bits per heavy atom. The molecule has 33 heavy (non-hydrogen) atoms. The standard InChI is InChI=1S/C25H19ClN4O3/c1-15-22(23(31)21-13-29-25(33-21)24-27-10-3-11-28-24)19-12-18(32-2)8-9-20(19)30(15)14-16-4-6-17(26)7-5-16/h3-13H,14H2,1-2H3. The van der Waals surface area contributed by atoms with Gasteiger partial charge in [-0.1, -0.05) is 23.7 Å².